The summed E-state index contributed by atoms with van der Waals surface area (Å²) >= 11 is 6.05. The smallest absolute Gasteiger partial charge is 0.248 e. The van der Waals surface area contributed by atoms with Gasteiger partial charge in [-0.2, -0.15) is 0 Å². The number of carbonyl (C=O) groups excluding carboxylic acids is 1. The van der Waals surface area contributed by atoms with E-state index >= 15 is 0 Å². The molecule has 0 bridgehead atoms. The van der Waals surface area contributed by atoms with Crippen molar-refractivity contribution >= 4 is 17.5 Å². The zero-order chi connectivity index (χ0) is 18.3. The van der Waals surface area contributed by atoms with E-state index in [1.54, 1.807) is 13.2 Å². The van der Waals surface area contributed by atoms with E-state index in [4.69, 9.17) is 16.3 Å². The third-order valence-corrected chi connectivity index (χ3v) is 6.20. The Kier molecular flexibility index (Phi) is 4.84. The van der Waals surface area contributed by atoms with Gasteiger partial charge in [0.2, 0.25) is 11.8 Å². The van der Waals surface area contributed by atoms with E-state index in [0.717, 1.165) is 12.0 Å². The molecule has 6 heteroatoms. The summed E-state index contributed by atoms with van der Waals surface area (Å²) in [5, 5.41) is 3.56. The van der Waals surface area contributed by atoms with Gasteiger partial charge in [-0.1, -0.05) is 23.7 Å². The fourth-order valence-electron chi connectivity index (χ4n) is 3.87. The van der Waals surface area contributed by atoms with Crippen LogP contribution in [-0.2, 0) is 15.1 Å². The first-order valence-electron chi connectivity index (χ1n) is 8.67. The molecule has 0 heterocycles. The van der Waals surface area contributed by atoms with Gasteiger partial charge in [-0.3, -0.25) is 4.79 Å². The first kappa shape index (κ1) is 18.6. The molecule has 0 radical (unpaired) electrons. The second kappa shape index (κ2) is 6.51. The van der Waals surface area contributed by atoms with Crippen LogP contribution in [0.4, 0.5) is 8.78 Å². The highest BCUT2D eigenvalue weighted by atomic mass is 35.5. The van der Waals surface area contributed by atoms with E-state index in [1.807, 2.05) is 25.1 Å². The lowest BCUT2D eigenvalue weighted by Crippen LogP contribution is -2.41. The van der Waals surface area contributed by atoms with Crippen LogP contribution in [0.1, 0.15) is 44.6 Å². The van der Waals surface area contributed by atoms with Gasteiger partial charge >= 0.3 is 0 Å². The van der Waals surface area contributed by atoms with E-state index in [2.05, 4.69) is 5.32 Å². The maximum atomic E-state index is 13.3. The molecule has 3 rings (SSSR count). The number of amides is 1. The number of carbonyl (C=O) groups is 1. The van der Waals surface area contributed by atoms with Crippen LogP contribution >= 0.6 is 11.6 Å². The maximum absolute atomic E-state index is 13.3. The number of alkyl halides is 2. The van der Waals surface area contributed by atoms with Crippen molar-refractivity contribution in [2.24, 2.45) is 11.3 Å². The van der Waals surface area contributed by atoms with Gasteiger partial charge in [0.05, 0.1) is 6.54 Å². The van der Waals surface area contributed by atoms with E-state index in [1.165, 1.54) is 0 Å². The Morgan fingerprint density at radius 2 is 2.04 bits per heavy atom. The van der Waals surface area contributed by atoms with Crippen LogP contribution in [-0.4, -0.2) is 25.5 Å². The van der Waals surface area contributed by atoms with Crippen molar-refractivity contribution in [3.63, 3.8) is 0 Å². The quantitative estimate of drug-likeness (QED) is 0.825. The molecule has 2 saturated carbocycles. The van der Waals surface area contributed by atoms with Gasteiger partial charge in [0, 0.05) is 30.9 Å². The Balaban J connectivity index is 1.59. The average Bonchev–Trinajstić information content (AvgIpc) is 3.30. The number of ether oxygens (including phenoxy) is 1. The predicted molar refractivity (Wildman–Crippen MR) is 92.8 cm³/mol. The fourth-order valence-corrected chi connectivity index (χ4v) is 4.06. The summed E-state index contributed by atoms with van der Waals surface area (Å²) in [5.74, 6) is -2.77. The van der Waals surface area contributed by atoms with Crippen LogP contribution < -0.4 is 5.32 Å². The van der Waals surface area contributed by atoms with Gasteiger partial charge < -0.3 is 10.1 Å². The number of nitrogens with one attached hydrogen (secondary N) is 1. The number of hydrogen-bond donors (Lipinski definition) is 1. The zero-order valence-electron chi connectivity index (χ0n) is 14.6. The largest absolute Gasteiger partial charge is 0.372 e. The highest BCUT2D eigenvalue weighted by molar-refractivity contribution is 6.30. The summed E-state index contributed by atoms with van der Waals surface area (Å²) in [6, 6.07) is 7.35. The highest BCUT2D eigenvalue weighted by Gasteiger charge is 2.60. The van der Waals surface area contributed by atoms with E-state index in [-0.39, 0.29) is 30.1 Å². The Labute approximate surface area is 152 Å². The van der Waals surface area contributed by atoms with Crippen molar-refractivity contribution in [3.05, 3.63) is 34.9 Å². The summed E-state index contributed by atoms with van der Waals surface area (Å²) in [6.45, 7) is 2.20. The standard InChI is InChI=1S/C19H24ClF2NO2/c1-17(25-2,13-4-3-5-14(20)10-13)12-23-16(24)15-11-18(15)6-8-19(21,22)9-7-18/h3-5,10,15H,6-9,11-12H2,1-2H3,(H,23,24)/t15?,17-/m0/s1. The van der Waals surface area contributed by atoms with Crippen LogP contribution in [0.5, 0.6) is 0 Å². The first-order chi connectivity index (χ1) is 11.7. The SMILES string of the molecule is CO[C@@](C)(CNC(=O)C1CC12CCC(F)(F)CC2)c1cccc(Cl)c1. The number of benzene rings is 1. The molecular formula is C19H24ClF2NO2. The molecule has 1 aromatic rings. The molecule has 2 aliphatic rings. The lowest BCUT2D eigenvalue weighted by molar-refractivity contribution is -0.125. The van der Waals surface area contributed by atoms with Crippen LogP contribution in [0.2, 0.25) is 5.02 Å². The summed E-state index contributed by atoms with van der Waals surface area (Å²) < 4.78 is 32.3. The monoisotopic (exact) mass is 371 g/mol. The predicted octanol–water partition coefficient (Wildman–Crippen LogP) is 4.53. The normalized spacial score (nSPS) is 26.0. The first-order valence-corrected chi connectivity index (χ1v) is 9.04. The third kappa shape index (κ3) is 3.82. The average molecular weight is 372 g/mol. The summed E-state index contributed by atoms with van der Waals surface area (Å²) in [4.78, 5) is 12.5. The Morgan fingerprint density at radius 3 is 2.64 bits per heavy atom. The third-order valence-electron chi connectivity index (χ3n) is 5.97. The Hall–Kier alpha value is -1.20. The molecular weight excluding hydrogens is 348 g/mol. The molecule has 2 atom stereocenters. The Bertz CT molecular complexity index is 657. The number of halogens is 3. The van der Waals surface area contributed by atoms with Gasteiger partial charge in [0.25, 0.3) is 0 Å². The summed E-state index contributed by atoms with van der Waals surface area (Å²) in [5.41, 5.74) is -0.0151. The minimum absolute atomic E-state index is 0.0597. The summed E-state index contributed by atoms with van der Waals surface area (Å²) in [6.07, 6.45) is 1.39. The maximum Gasteiger partial charge on any atom is 0.248 e. The molecule has 0 aromatic heterocycles. The lowest BCUT2D eigenvalue weighted by Gasteiger charge is -2.30. The van der Waals surface area contributed by atoms with Crippen LogP contribution in [0.15, 0.2) is 24.3 Å². The van der Waals surface area contributed by atoms with E-state index in [9.17, 15) is 13.6 Å². The van der Waals surface area contributed by atoms with Crippen molar-refractivity contribution in [2.45, 2.75) is 50.6 Å². The molecule has 1 aromatic carbocycles. The number of hydrogen-bond acceptors (Lipinski definition) is 2. The molecule has 2 aliphatic carbocycles. The molecule has 1 N–H and O–H groups in total. The molecule has 2 fully saturated rings. The molecule has 0 saturated heterocycles. The molecule has 1 amide bonds. The lowest BCUT2D eigenvalue weighted by atomic mass is 9.82. The molecule has 1 unspecified atom stereocenters. The molecule has 0 aliphatic heterocycles. The van der Waals surface area contributed by atoms with Gasteiger partial charge in [-0.15, -0.1) is 0 Å². The van der Waals surface area contributed by atoms with E-state index < -0.39 is 11.5 Å². The van der Waals surface area contributed by atoms with Gasteiger partial charge in [-0.05, 0) is 49.3 Å². The minimum atomic E-state index is -2.56. The van der Waals surface area contributed by atoms with Crippen molar-refractivity contribution in [1.29, 1.82) is 0 Å². The van der Waals surface area contributed by atoms with Crippen LogP contribution in [0.25, 0.3) is 0 Å². The van der Waals surface area contributed by atoms with Crippen LogP contribution in [0.3, 0.4) is 0 Å². The van der Waals surface area contributed by atoms with Crippen molar-refractivity contribution in [3.8, 4) is 0 Å². The number of methoxy groups -OCH3 is 1. The second-order valence-electron chi connectivity index (χ2n) is 7.64. The van der Waals surface area contributed by atoms with Gasteiger partial charge in [0.1, 0.15) is 5.60 Å². The molecule has 25 heavy (non-hydrogen) atoms. The molecule has 1 spiro atoms. The van der Waals surface area contributed by atoms with Crippen molar-refractivity contribution in [2.75, 3.05) is 13.7 Å². The minimum Gasteiger partial charge on any atom is -0.372 e. The fraction of sp³-hybridized carbons (Fsp3) is 0.632. The second-order valence-corrected chi connectivity index (χ2v) is 8.07. The zero-order valence-corrected chi connectivity index (χ0v) is 15.3. The highest BCUT2D eigenvalue weighted by Crippen LogP contribution is 2.63. The van der Waals surface area contributed by atoms with Gasteiger partial charge in [0.15, 0.2) is 0 Å². The Morgan fingerprint density at radius 1 is 1.36 bits per heavy atom. The van der Waals surface area contributed by atoms with Crippen LogP contribution in [0, 0.1) is 11.3 Å². The van der Waals surface area contributed by atoms with Gasteiger partial charge in [-0.25, -0.2) is 8.78 Å². The molecule has 138 valence electrons. The topological polar surface area (TPSA) is 38.3 Å². The molecule has 3 nitrogen and oxygen atoms in total. The van der Waals surface area contributed by atoms with Crippen molar-refractivity contribution in [1.82, 2.24) is 5.32 Å². The van der Waals surface area contributed by atoms with E-state index in [0.29, 0.717) is 24.4 Å². The van der Waals surface area contributed by atoms with Crippen molar-refractivity contribution < 1.29 is 18.3 Å². The summed E-state index contributed by atoms with van der Waals surface area (Å²) in [7, 11) is 1.59. The number of rotatable bonds is 5.